The first-order chi connectivity index (χ1) is 8.52. The predicted molar refractivity (Wildman–Crippen MR) is 76.0 cm³/mol. The second-order valence-electron chi connectivity index (χ2n) is 6.20. The van der Waals surface area contributed by atoms with Gasteiger partial charge in [0.15, 0.2) is 0 Å². The molecule has 0 saturated carbocycles. The fraction of sp³-hybridized carbons (Fsp3) is 0.857. The molecule has 2 N–H and O–H groups in total. The van der Waals surface area contributed by atoms with Crippen molar-refractivity contribution in [2.24, 2.45) is 5.92 Å². The molecule has 2 unspecified atom stereocenters. The van der Waals surface area contributed by atoms with E-state index in [0.29, 0.717) is 0 Å². The van der Waals surface area contributed by atoms with Crippen molar-refractivity contribution in [2.45, 2.75) is 66.1 Å². The van der Waals surface area contributed by atoms with Crippen LogP contribution in [-0.2, 0) is 9.59 Å². The highest BCUT2D eigenvalue weighted by Gasteiger charge is 2.32. The van der Waals surface area contributed by atoms with Gasteiger partial charge in [0.25, 0.3) is 0 Å². The molecule has 0 bridgehead atoms. The van der Waals surface area contributed by atoms with Crippen LogP contribution in [0.5, 0.6) is 0 Å². The molecule has 0 rings (SSSR count). The molecule has 5 heteroatoms. The second-order valence-corrected chi connectivity index (χ2v) is 6.20. The molecule has 0 aromatic rings. The van der Waals surface area contributed by atoms with Crippen molar-refractivity contribution >= 4 is 11.9 Å². The third-order valence-electron chi connectivity index (χ3n) is 3.28. The standard InChI is InChI=1S/C14H28N2O3/c1-8-16(14(5,6)7)10(4)12(17)15-11(9(2)3)13(18)19/h9-11H,8H2,1-7H3,(H,15,17)(H,18,19). The molecule has 2 atom stereocenters. The van der Waals surface area contributed by atoms with Crippen LogP contribution in [0.25, 0.3) is 0 Å². The Morgan fingerprint density at radius 2 is 1.68 bits per heavy atom. The Labute approximate surface area is 116 Å². The number of carboxylic acid groups (broad SMARTS) is 1. The number of hydrogen-bond acceptors (Lipinski definition) is 3. The number of carboxylic acids is 1. The van der Waals surface area contributed by atoms with Gasteiger partial charge in [-0.15, -0.1) is 0 Å². The minimum Gasteiger partial charge on any atom is -0.480 e. The topological polar surface area (TPSA) is 69.6 Å². The number of amides is 1. The summed E-state index contributed by atoms with van der Waals surface area (Å²) in [6.45, 7) is 14.2. The van der Waals surface area contributed by atoms with Gasteiger partial charge in [-0.05, 0) is 40.2 Å². The zero-order chi connectivity index (χ0) is 15.4. The Bertz CT molecular complexity index is 321. The van der Waals surface area contributed by atoms with Gasteiger partial charge < -0.3 is 10.4 Å². The first-order valence-electron chi connectivity index (χ1n) is 6.82. The maximum absolute atomic E-state index is 12.2. The van der Waals surface area contributed by atoms with E-state index in [0.717, 1.165) is 6.54 Å². The summed E-state index contributed by atoms with van der Waals surface area (Å²) in [4.78, 5) is 25.3. The van der Waals surface area contributed by atoms with Gasteiger partial charge in [-0.3, -0.25) is 9.69 Å². The van der Waals surface area contributed by atoms with Gasteiger partial charge in [0.05, 0.1) is 6.04 Å². The smallest absolute Gasteiger partial charge is 0.326 e. The number of rotatable bonds is 6. The van der Waals surface area contributed by atoms with Crippen LogP contribution in [0.2, 0.25) is 0 Å². The van der Waals surface area contributed by atoms with Gasteiger partial charge in [0.2, 0.25) is 5.91 Å². The van der Waals surface area contributed by atoms with E-state index in [-0.39, 0.29) is 23.4 Å². The molecule has 5 nitrogen and oxygen atoms in total. The van der Waals surface area contributed by atoms with Crippen LogP contribution in [0, 0.1) is 5.92 Å². The number of nitrogens with one attached hydrogen (secondary N) is 1. The van der Waals surface area contributed by atoms with Crippen molar-refractivity contribution in [3.05, 3.63) is 0 Å². The van der Waals surface area contributed by atoms with Gasteiger partial charge in [0.1, 0.15) is 6.04 Å². The number of nitrogens with zero attached hydrogens (tertiary/aromatic N) is 1. The van der Waals surface area contributed by atoms with Crippen LogP contribution >= 0.6 is 0 Å². The van der Waals surface area contributed by atoms with E-state index < -0.39 is 12.0 Å². The lowest BCUT2D eigenvalue weighted by Crippen LogP contribution is -2.56. The molecule has 0 spiro atoms. The Hall–Kier alpha value is -1.10. The minimum atomic E-state index is -0.991. The molecule has 112 valence electrons. The third kappa shape index (κ3) is 5.19. The summed E-state index contributed by atoms with van der Waals surface area (Å²) in [6.07, 6.45) is 0. The molecule has 1 amide bonds. The van der Waals surface area contributed by atoms with Crippen molar-refractivity contribution in [2.75, 3.05) is 6.54 Å². The number of likely N-dealkylation sites (N-methyl/N-ethyl adjacent to an activating group) is 1. The van der Waals surface area contributed by atoms with Gasteiger partial charge in [-0.2, -0.15) is 0 Å². The summed E-state index contributed by atoms with van der Waals surface area (Å²) in [6, 6.07) is -1.20. The Balaban J connectivity index is 4.86. The SMILES string of the molecule is CCN(C(C)C(=O)NC(C(=O)O)C(C)C)C(C)(C)C. The van der Waals surface area contributed by atoms with Crippen molar-refractivity contribution in [1.29, 1.82) is 0 Å². The van der Waals surface area contributed by atoms with Gasteiger partial charge in [-0.1, -0.05) is 20.8 Å². The van der Waals surface area contributed by atoms with E-state index in [1.807, 2.05) is 39.5 Å². The molecule has 0 aliphatic heterocycles. The molecule has 0 aromatic carbocycles. The van der Waals surface area contributed by atoms with E-state index in [1.165, 1.54) is 0 Å². The number of hydrogen-bond donors (Lipinski definition) is 2. The quantitative estimate of drug-likeness (QED) is 0.772. The van der Waals surface area contributed by atoms with Gasteiger partial charge >= 0.3 is 5.97 Å². The number of carbonyl (C=O) groups is 2. The highest BCUT2D eigenvalue weighted by molar-refractivity contribution is 5.86. The Morgan fingerprint density at radius 1 is 1.21 bits per heavy atom. The summed E-state index contributed by atoms with van der Waals surface area (Å²) in [5.74, 6) is -1.37. The highest BCUT2D eigenvalue weighted by Crippen LogP contribution is 2.17. The third-order valence-corrected chi connectivity index (χ3v) is 3.28. The molecule has 0 saturated heterocycles. The van der Waals surface area contributed by atoms with E-state index in [4.69, 9.17) is 5.11 Å². The summed E-state index contributed by atoms with van der Waals surface area (Å²) in [7, 11) is 0. The van der Waals surface area contributed by atoms with Crippen LogP contribution < -0.4 is 5.32 Å². The molecular weight excluding hydrogens is 244 g/mol. The molecule has 0 radical (unpaired) electrons. The normalized spacial score (nSPS) is 15.4. The molecular formula is C14H28N2O3. The lowest BCUT2D eigenvalue weighted by Gasteiger charge is -2.39. The van der Waals surface area contributed by atoms with Crippen LogP contribution in [0.1, 0.15) is 48.5 Å². The number of aliphatic carboxylic acids is 1. The summed E-state index contributed by atoms with van der Waals surface area (Å²) in [5.41, 5.74) is -0.137. The fourth-order valence-electron chi connectivity index (χ4n) is 2.26. The maximum Gasteiger partial charge on any atom is 0.326 e. The monoisotopic (exact) mass is 272 g/mol. The van der Waals surface area contributed by atoms with Crippen molar-refractivity contribution in [3.8, 4) is 0 Å². The Morgan fingerprint density at radius 3 is 1.95 bits per heavy atom. The fourth-order valence-corrected chi connectivity index (χ4v) is 2.26. The van der Waals surface area contributed by atoms with E-state index in [9.17, 15) is 9.59 Å². The van der Waals surface area contributed by atoms with Crippen molar-refractivity contribution in [1.82, 2.24) is 10.2 Å². The van der Waals surface area contributed by atoms with E-state index >= 15 is 0 Å². The van der Waals surface area contributed by atoms with Gasteiger partial charge in [-0.25, -0.2) is 4.79 Å². The largest absolute Gasteiger partial charge is 0.480 e. The molecule has 0 aliphatic rings. The number of carbonyl (C=O) groups excluding carboxylic acids is 1. The summed E-state index contributed by atoms with van der Waals surface area (Å²) >= 11 is 0. The average molecular weight is 272 g/mol. The highest BCUT2D eigenvalue weighted by atomic mass is 16.4. The van der Waals surface area contributed by atoms with Crippen LogP contribution in [0.3, 0.4) is 0 Å². The van der Waals surface area contributed by atoms with Crippen molar-refractivity contribution < 1.29 is 14.7 Å². The Kier molecular flexibility index (Phi) is 6.49. The summed E-state index contributed by atoms with van der Waals surface area (Å²) in [5, 5.41) is 11.7. The lowest BCUT2D eigenvalue weighted by molar-refractivity contribution is -0.144. The van der Waals surface area contributed by atoms with Crippen LogP contribution in [0.15, 0.2) is 0 Å². The molecule has 0 heterocycles. The van der Waals surface area contributed by atoms with Crippen LogP contribution in [0.4, 0.5) is 0 Å². The minimum absolute atomic E-state index is 0.137. The zero-order valence-electron chi connectivity index (χ0n) is 13.2. The molecule has 19 heavy (non-hydrogen) atoms. The lowest BCUT2D eigenvalue weighted by atomic mass is 10.0. The first-order valence-corrected chi connectivity index (χ1v) is 6.82. The summed E-state index contributed by atoms with van der Waals surface area (Å²) < 4.78 is 0. The van der Waals surface area contributed by atoms with E-state index in [1.54, 1.807) is 13.8 Å². The first kappa shape index (κ1) is 17.9. The second kappa shape index (κ2) is 6.89. The maximum atomic E-state index is 12.2. The molecule has 0 fully saturated rings. The van der Waals surface area contributed by atoms with E-state index in [2.05, 4.69) is 5.32 Å². The van der Waals surface area contributed by atoms with Crippen LogP contribution in [-0.4, -0.2) is 46.1 Å². The predicted octanol–water partition coefficient (Wildman–Crippen LogP) is 1.72. The van der Waals surface area contributed by atoms with Gasteiger partial charge in [0, 0.05) is 5.54 Å². The molecule has 0 aromatic heterocycles. The average Bonchev–Trinajstić information content (AvgIpc) is 2.23. The van der Waals surface area contributed by atoms with Crippen molar-refractivity contribution in [3.63, 3.8) is 0 Å². The molecule has 0 aliphatic carbocycles. The zero-order valence-corrected chi connectivity index (χ0v) is 13.2.